The number of rotatable bonds is 4. The van der Waals surface area contributed by atoms with Crippen LogP contribution in [0, 0.1) is 6.92 Å². The van der Waals surface area contributed by atoms with E-state index in [9.17, 15) is 4.79 Å². The van der Waals surface area contributed by atoms with Crippen LogP contribution in [-0.4, -0.2) is 16.0 Å². The van der Waals surface area contributed by atoms with Crippen LogP contribution in [0.3, 0.4) is 0 Å². The van der Waals surface area contributed by atoms with Crippen molar-refractivity contribution in [3.8, 4) is 0 Å². The summed E-state index contributed by atoms with van der Waals surface area (Å²) in [6.45, 7) is 3.57. The molecular formula is C17H17N3O2. The molecule has 1 N–H and O–H groups in total. The lowest BCUT2D eigenvalue weighted by molar-refractivity contribution is -0.121. The van der Waals surface area contributed by atoms with Gasteiger partial charge in [-0.15, -0.1) is 0 Å². The maximum absolute atomic E-state index is 12.1. The van der Waals surface area contributed by atoms with Gasteiger partial charge in [0.1, 0.15) is 6.04 Å². The lowest BCUT2D eigenvalue weighted by Crippen LogP contribution is -2.28. The number of benzene rings is 2. The minimum absolute atomic E-state index is 0.0707. The van der Waals surface area contributed by atoms with E-state index in [1.165, 1.54) is 5.39 Å². The predicted octanol–water partition coefficient (Wildman–Crippen LogP) is 2.95. The molecule has 112 valence electrons. The van der Waals surface area contributed by atoms with Crippen molar-refractivity contribution in [2.75, 3.05) is 0 Å². The SMILES string of the molecule is Cc1noc([C@H](C)NC(=O)Cc2ccc3ccccc3c2)n1. The van der Waals surface area contributed by atoms with Gasteiger partial charge in [-0.05, 0) is 30.2 Å². The van der Waals surface area contributed by atoms with Crippen LogP contribution in [0.4, 0.5) is 0 Å². The standard InChI is InChI=1S/C17H17N3O2/c1-11(17-19-12(2)20-22-17)18-16(21)10-13-7-8-14-5-3-4-6-15(14)9-13/h3-9,11H,10H2,1-2H3,(H,18,21)/t11-/m0/s1. The molecule has 3 aromatic rings. The second-order valence-electron chi connectivity index (χ2n) is 5.33. The fourth-order valence-electron chi connectivity index (χ4n) is 2.38. The van der Waals surface area contributed by atoms with E-state index in [0.717, 1.165) is 10.9 Å². The molecule has 0 aliphatic rings. The van der Waals surface area contributed by atoms with E-state index in [2.05, 4.69) is 21.5 Å². The number of nitrogens with zero attached hydrogens (tertiary/aromatic N) is 2. The van der Waals surface area contributed by atoms with Crippen molar-refractivity contribution < 1.29 is 9.32 Å². The average Bonchev–Trinajstić information content (AvgIpc) is 2.94. The first-order chi connectivity index (χ1) is 10.6. The Morgan fingerprint density at radius 1 is 1.23 bits per heavy atom. The number of fused-ring (bicyclic) bond motifs is 1. The van der Waals surface area contributed by atoms with Crippen molar-refractivity contribution in [1.29, 1.82) is 0 Å². The molecule has 0 bridgehead atoms. The number of aryl methyl sites for hydroxylation is 1. The van der Waals surface area contributed by atoms with Gasteiger partial charge in [0.15, 0.2) is 5.82 Å². The first-order valence-corrected chi connectivity index (χ1v) is 7.19. The topological polar surface area (TPSA) is 68.0 Å². The van der Waals surface area contributed by atoms with Crippen LogP contribution in [0.1, 0.15) is 30.2 Å². The van der Waals surface area contributed by atoms with Crippen molar-refractivity contribution in [3.63, 3.8) is 0 Å². The van der Waals surface area contributed by atoms with Crippen LogP contribution in [0.25, 0.3) is 10.8 Å². The summed E-state index contributed by atoms with van der Waals surface area (Å²) in [5.74, 6) is 0.911. The molecule has 0 saturated heterocycles. The van der Waals surface area contributed by atoms with Crippen LogP contribution in [-0.2, 0) is 11.2 Å². The van der Waals surface area contributed by atoms with Gasteiger partial charge in [0.2, 0.25) is 11.8 Å². The third kappa shape index (κ3) is 3.14. The van der Waals surface area contributed by atoms with Gasteiger partial charge >= 0.3 is 0 Å². The Morgan fingerprint density at radius 3 is 2.73 bits per heavy atom. The fraction of sp³-hybridized carbons (Fsp3) is 0.235. The smallest absolute Gasteiger partial charge is 0.248 e. The Morgan fingerprint density at radius 2 is 2.00 bits per heavy atom. The van der Waals surface area contributed by atoms with E-state index in [1.807, 2.05) is 43.3 Å². The van der Waals surface area contributed by atoms with Gasteiger partial charge in [0, 0.05) is 0 Å². The van der Waals surface area contributed by atoms with Gasteiger partial charge in [0.05, 0.1) is 6.42 Å². The third-order valence-electron chi connectivity index (χ3n) is 3.47. The van der Waals surface area contributed by atoms with Gasteiger partial charge in [-0.3, -0.25) is 4.79 Å². The Balaban J connectivity index is 1.67. The van der Waals surface area contributed by atoms with Crippen molar-refractivity contribution in [2.24, 2.45) is 0 Å². The second-order valence-corrected chi connectivity index (χ2v) is 5.33. The summed E-state index contributed by atoms with van der Waals surface area (Å²) in [4.78, 5) is 16.3. The summed E-state index contributed by atoms with van der Waals surface area (Å²) >= 11 is 0. The van der Waals surface area contributed by atoms with E-state index in [1.54, 1.807) is 6.92 Å². The Kier molecular flexibility index (Phi) is 3.87. The lowest BCUT2D eigenvalue weighted by atomic mass is 10.0. The summed E-state index contributed by atoms with van der Waals surface area (Å²) in [6.07, 6.45) is 0.322. The molecule has 0 fully saturated rings. The molecule has 0 saturated carbocycles. The number of amides is 1. The number of carbonyl (C=O) groups excluding carboxylic acids is 1. The summed E-state index contributed by atoms with van der Waals surface area (Å²) in [5.41, 5.74) is 0.977. The van der Waals surface area contributed by atoms with E-state index < -0.39 is 0 Å². The van der Waals surface area contributed by atoms with Crippen LogP contribution < -0.4 is 5.32 Å². The highest BCUT2D eigenvalue weighted by atomic mass is 16.5. The minimum atomic E-state index is -0.297. The number of hydrogen-bond donors (Lipinski definition) is 1. The highest BCUT2D eigenvalue weighted by molar-refractivity contribution is 5.85. The summed E-state index contributed by atoms with van der Waals surface area (Å²) in [7, 11) is 0. The maximum Gasteiger partial charge on any atom is 0.248 e. The first kappa shape index (κ1) is 14.3. The monoisotopic (exact) mass is 295 g/mol. The molecule has 0 aliphatic carbocycles. The normalized spacial score (nSPS) is 12.3. The Labute approximate surface area is 128 Å². The number of carbonyl (C=O) groups is 1. The molecule has 5 heteroatoms. The molecule has 0 unspecified atom stereocenters. The fourth-order valence-corrected chi connectivity index (χ4v) is 2.38. The van der Waals surface area contributed by atoms with Gasteiger partial charge in [0.25, 0.3) is 0 Å². The molecule has 0 aliphatic heterocycles. The number of hydrogen-bond acceptors (Lipinski definition) is 4. The number of aromatic nitrogens is 2. The van der Waals surface area contributed by atoms with Gasteiger partial charge in [-0.25, -0.2) is 0 Å². The average molecular weight is 295 g/mol. The molecule has 3 rings (SSSR count). The van der Waals surface area contributed by atoms with Crippen LogP contribution in [0.5, 0.6) is 0 Å². The highest BCUT2D eigenvalue weighted by Crippen LogP contribution is 2.16. The van der Waals surface area contributed by atoms with E-state index in [0.29, 0.717) is 18.1 Å². The molecule has 1 aromatic heterocycles. The molecule has 5 nitrogen and oxygen atoms in total. The van der Waals surface area contributed by atoms with Crippen LogP contribution in [0.2, 0.25) is 0 Å². The minimum Gasteiger partial charge on any atom is -0.344 e. The summed E-state index contributed by atoms with van der Waals surface area (Å²) < 4.78 is 5.06. The molecule has 0 radical (unpaired) electrons. The van der Waals surface area contributed by atoms with Crippen LogP contribution >= 0.6 is 0 Å². The predicted molar refractivity (Wildman–Crippen MR) is 83.2 cm³/mol. The zero-order chi connectivity index (χ0) is 15.5. The molecule has 1 atom stereocenters. The molecule has 1 heterocycles. The lowest BCUT2D eigenvalue weighted by Gasteiger charge is -2.10. The van der Waals surface area contributed by atoms with Gasteiger partial charge in [-0.2, -0.15) is 4.98 Å². The van der Waals surface area contributed by atoms with E-state index in [4.69, 9.17) is 4.52 Å². The molecule has 22 heavy (non-hydrogen) atoms. The van der Waals surface area contributed by atoms with Crippen molar-refractivity contribution in [1.82, 2.24) is 15.5 Å². The van der Waals surface area contributed by atoms with Crippen LogP contribution in [0.15, 0.2) is 47.0 Å². The zero-order valence-corrected chi connectivity index (χ0v) is 12.5. The zero-order valence-electron chi connectivity index (χ0n) is 12.5. The number of nitrogens with one attached hydrogen (secondary N) is 1. The van der Waals surface area contributed by atoms with E-state index in [-0.39, 0.29) is 11.9 Å². The van der Waals surface area contributed by atoms with Crippen molar-refractivity contribution in [3.05, 3.63) is 59.7 Å². The largest absolute Gasteiger partial charge is 0.344 e. The Bertz CT molecular complexity index is 810. The Hall–Kier alpha value is -2.69. The van der Waals surface area contributed by atoms with Crippen molar-refractivity contribution in [2.45, 2.75) is 26.3 Å². The van der Waals surface area contributed by atoms with Crippen molar-refractivity contribution >= 4 is 16.7 Å². The molecule has 2 aromatic carbocycles. The summed E-state index contributed by atoms with van der Waals surface area (Å²) in [6, 6.07) is 13.8. The third-order valence-corrected chi connectivity index (χ3v) is 3.47. The first-order valence-electron chi connectivity index (χ1n) is 7.19. The highest BCUT2D eigenvalue weighted by Gasteiger charge is 2.15. The van der Waals surface area contributed by atoms with Gasteiger partial charge in [-0.1, -0.05) is 47.6 Å². The molecule has 0 spiro atoms. The van der Waals surface area contributed by atoms with E-state index >= 15 is 0 Å². The van der Waals surface area contributed by atoms with Gasteiger partial charge < -0.3 is 9.84 Å². The quantitative estimate of drug-likeness (QED) is 0.803. The molecule has 1 amide bonds. The summed E-state index contributed by atoms with van der Waals surface area (Å²) in [5, 5.41) is 8.90. The molecular weight excluding hydrogens is 278 g/mol. The second kappa shape index (κ2) is 5.97. The maximum atomic E-state index is 12.1.